The molecule has 1 fully saturated rings. The highest BCUT2D eigenvalue weighted by Crippen LogP contribution is 2.38. The van der Waals surface area contributed by atoms with E-state index in [1.165, 1.54) is 0 Å². The standard InChI is InChI=1S/C14H19N3OS/c1-15-13(19)14(11-6-5-9-16-10-11)8-4-3-7-12(14)17-18-2/h5-6,9-10H,3-4,7-8H2,1-2H3,(H,15,19)/b17-12+. The fourth-order valence-electron chi connectivity index (χ4n) is 2.79. The van der Waals surface area contributed by atoms with E-state index >= 15 is 0 Å². The van der Waals surface area contributed by atoms with Crippen LogP contribution < -0.4 is 5.32 Å². The van der Waals surface area contributed by atoms with Crippen LogP contribution in [-0.2, 0) is 10.3 Å². The average Bonchev–Trinajstić information content (AvgIpc) is 2.48. The van der Waals surface area contributed by atoms with Gasteiger partial charge in [0.25, 0.3) is 0 Å². The predicted molar refractivity (Wildman–Crippen MR) is 80.5 cm³/mol. The molecule has 2 rings (SSSR count). The van der Waals surface area contributed by atoms with E-state index in [4.69, 9.17) is 17.1 Å². The molecule has 0 spiro atoms. The van der Waals surface area contributed by atoms with Crippen LogP contribution >= 0.6 is 12.2 Å². The Kier molecular flexibility index (Phi) is 4.47. The highest BCUT2D eigenvalue weighted by atomic mass is 32.1. The minimum Gasteiger partial charge on any atom is -0.399 e. The molecule has 1 aromatic rings. The molecular weight excluding hydrogens is 258 g/mol. The fraction of sp³-hybridized carbons (Fsp3) is 0.500. The van der Waals surface area contributed by atoms with Crippen LogP contribution in [-0.4, -0.2) is 29.8 Å². The van der Waals surface area contributed by atoms with Crippen molar-refractivity contribution in [1.29, 1.82) is 0 Å². The van der Waals surface area contributed by atoms with Crippen molar-refractivity contribution in [3.05, 3.63) is 30.1 Å². The van der Waals surface area contributed by atoms with Crippen LogP contribution in [0.25, 0.3) is 0 Å². The summed E-state index contributed by atoms with van der Waals surface area (Å²) in [6.45, 7) is 0. The summed E-state index contributed by atoms with van der Waals surface area (Å²) in [7, 11) is 3.44. The van der Waals surface area contributed by atoms with Crippen molar-refractivity contribution in [2.24, 2.45) is 5.16 Å². The van der Waals surface area contributed by atoms with Crippen LogP contribution in [0, 0.1) is 0 Å². The van der Waals surface area contributed by atoms with E-state index in [0.29, 0.717) is 0 Å². The van der Waals surface area contributed by atoms with Gasteiger partial charge < -0.3 is 10.2 Å². The fourth-order valence-corrected chi connectivity index (χ4v) is 3.13. The molecule has 0 aliphatic heterocycles. The molecule has 19 heavy (non-hydrogen) atoms. The molecule has 1 aliphatic carbocycles. The molecule has 0 radical (unpaired) electrons. The molecule has 4 nitrogen and oxygen atoms in total. The van der Waals surface area contributed by atoms with Crippen molar-refractivity contribution >= 4 is 22.9 Å². The maximum absolute atomic E-state index is 5.59. The topological polar surface area (TPSA) is 46.5 Å². The molecule has 1 aromatic heterocycles. The van der Waals surface area contributed by atoms with Gasteiger partial charge in [0, 0.05) is 19.4 Å². The largest absolute Gasteiger partial charge is 0.399 e. The summed E-state index contributed by atoms with van der Waals surface area (Å²) in [5, 5.41) is 7.37. The Morgan fingerprint density at radius 2 is 2.37 bits per heavy atom. The maximum atomic E-state index is 5.59. The van der Waals surface area contributed by atoms with Gasteiger partial charge in [-0.15, -0.1) is 0 Å². The summed E-state index contributed by atoms with van der Waals surface area (Å²) in [6, 6.07) is 4.00. The van der Waals surface area contributed by atoms with Gasteiger partial charge in [0.05, 0.1) is 16.1 Å². The molecule has 0 amide bonds. The number of pyridine rings is 1. The van der Waals surface area contributed by atoms with Crippen LogP contribution in [0.15, 0.2) is 29.7 Å². The Bertz CT molecular complexity index is 475. The number of nitrogens with one attached hydrogen (secondary N) is 1. The molecule has 0 bridgehead atoms. The number of thiocarbonyl (C=S) groups is 1. The van der Waals surface area contributed by atoms with Gasteiger partial charge in [0.1, 0.15) is 7.11 Å². The third-order valence-corrected chi connectivity index (χ3v) is 4.23. The van der Waals surface area contributed by atoms with E-state index in [1.54, 1.807) is 13.3 Å². The van der Waals surface area contributed by atoms with Crippen molar-refractivity contribution in [1.82, 2.24) is 10.3 Å². The van der Waals surface area contributed by atoms with E-state index in [9.17, 15) is 0 Å². The minimum atomic E-state index is -0.368. The number of aromatic nitrogens is 1. The van der Waals surface area contributed by atoms with E-state index in [2.05, 4.69) is 21.5 Å². The molecule has 1 N–H and O–H groups in total. The summed E-state index contributed by atoms with van der Waals surface area (Å²) in [4.78, 5) is 10.1. The van der Waals surface area contributed by atoms with Crippen molar-refractivity contribution in [3.8, 4) is 0 Å². The highest BCUT2D eigenvalue weighted by Gasteiger charge is 2.44. The third-order valence-electron chi connectivity index (χ3n) is 3.68. The first-order valence-corrected chi connectivity index (χ1v) is 6.89. The number of rotatable bonds is 3. The second-order valence-corrected chi connectivity index (χ2v) is 5.06. The molecule has 102 valence electrons. The third kappa shape index (κ3) is 2.47. The summed E-state index contributed by atoms with van der Waals surface area (Å²) in [5.74, 6) is 0. The van der Waals surface area contributed by atoms with Gasteiger partial charge in [0.15, 0.2) is 0 Å². The molecular formula is C14H19N3OS. The van der Waals surface area contributed by atoms with Crippen LogP contribution in [0.4, 0.5) is 0 Å². The van der Waals surface area contributed by atoms with Crippen molar-refractivity contribution in [2.75, 3.05) is 14.2 Å². The summed E-state index contributed by atoms with van der Waals surface area (Å²) >= 11 is 5.59. The lowest BCUT2D eigenvalue weighted by Crippen LogP contribution is -2.50. The number of nitrogens with zero attached hydrogens (tertiary/aromatic N) is 2. The molecule has 1 aliphatic rings. The Labute approximate surface area is 119 Å². The lowest BCUT2D eigenvalue weighted by molar-refractivity contribution is 0.208. The lowest BCUT2D eigenvalue weighted by atomic mass is 9.68. The second-order valence-electron chi connectivity index (χ2n) is 4.65. The van der Waals surface area contributed by atoms with Gasteiger partial charge >= 0.3 is 0 Å². The van der Waals surface area contributed by atoms with E-state index in [1.807, 2.05) is 19.3 Å². The van der Waals surface area contributed by atoms with Crippen molar-refractivity contribution < 1.29 is 4.84 Å². The monoisotopic (exact) mass is 277 g/mol. The molecule has 1 heterocycles. The smallest absolute Gasteiger partial charge is 0.106 e. The first-order chi connectivity index (χ1) is 9.25. The van der Waals surface area contributed by atoms with Crippen LogP contribution in [0.5, 0.6) is 0 Å². The lowest BCUT2D eigenvalue weighted by Gasteiger charge is -2.38. The SMILES string of the molecule is CNC(=S)C1(c2cccnc2)CCCC/C1=N\OC. The Morgan fingerprint density at radius 3 is 3.00 bits per heavy atom. The van der Waals surface area contributed by atoms with Crippen LogP contribution in [0.2, 0.25) is 0 Å². The van der Waals surface area contributed by atoms with Crippen molar-refractivity contribution in [3.63, 3.8) is 0 Å². The predicted octanol–water partition coefficient (Wildman–Crippen LogP) is 2.44. The van der Waals surface area contributed by atoms with Gasteiger partial charge in [0.2, 0.25) is 0 Å². The average molecular weight is 277 g/mol. The van der Waals surface area contributed by atoms with Crippen LogP contribution in [0.3, 0.4) is 0 Å². The Hall–Kier alpha value is -1.49. The van der Waals surface area contributed by atoms with Crippen LogP contribution in [0.1, 0.15) is 31.2 Å². The van der Waals surface area contributed by atoms with Gasteiger partial charge in [-0.3, -0.25) is 4.98 Å². The molecule has 1 saturated carbocycles. The quantitative estimate of drug-likeness (QED) is 0.681. The summed E-state index contributed by atoms with van der Waals surface area (Å²) in [6.07, 6.45) is 7.75. The normalized spacial score (nSPS) is 25.1. The highest BCUT2D eigenvalue weighted by molar-refractivity contribution is 7.80. The van der Waals surface area contributed by atoms with E-state index in [0.717, 1.165) is 41.9 Å². The van der Waals surface area contributed by atoms with E-state index < -0.39 is 0 Å². The zero-order valence-corrected chi connectivity index (χ0v) is 12.2. The molecule has 0 aromatic carbocycles. The summed E-state index contributed by atoms with van der Waals surface area (Å²) < 4.78 is 0. The Morgan fingerprint density at radius 1 is 1.53 bits per heavy atom. The molecule has 1 unspecified atom stereocenters. The number of likely N-dealkylation sites (N-methyl/N-ethyl adjacent to an activating group) is 1. The zero-order valence-electron chi connectivity index (χ0n) is 11.3. The molecule has 0 saturated heterocycles. The molecule has 1 atom stereocenters. The van der Waals surface area contributed by atoms with Crippen molar-refractivity contribution in [2.45, 2.75) is 31.1 Å². The van der Waals surface area contributed by atoms with Gasteiger partial charge in [-0.05, 0) is 30.9 Å². The first kappa shape index (κ1) is 13.9. The number of hydrogen-bond acceptors (Lipinski definition) is 4. The van der Waals surface area contributed by atoms with E-state index in [-0.39, 0.29) is 5.41 Å². The van der Waals surface area contributed by atoms with Gasteiger partial charge in [-0.25, -0.2) is 0 Å². The number of oxime groups is 1. The second kappa shape index (κ2) is 6.10. The molecule has 5 heteroatoms. The van der Waals surface area contributed by atoms with Gasteiger partial charge in [-0.2, -0.15) is 0 Å². The summed E-state index contributed by atoms with van der Waals surface area (Å²) in [5.41, 5.74) is 1.71. The first-order valence-electron chi connectivity index (χ1n) is 6.49. The maximum Gasteiger partial charge on any atom is 0.106 e. The minimum absolute atomic E-state index is 0.368. The zero-order chi connectivity index (χ0) is 13.7. The number of hydrogen-bond donors (Lipinski definition) is 1. The van der Waals surface area contributed by atoms with Gasteiger partial charge in [-0.1, -0.05) is 29.9 Å². The Balaban J connectivity index is 2.56.